The number of nitrogens with one attached hydrogen (secondary N) is 2. The molecule has 0 radical (unpaired) electrons. The van der Waals surface area contributed by atoms with Gasteiger partial charge in [-0.15, -0.1) is 0 Å². The maximum absolute atomic E-state index is 11.7. The summed E-state index contributed by atoms with van der Waals surface area (Å²) in [5.74, 6) is 0.835. The van der Waals surface area contributed by atoms with Gasteiger partial charge in [-0.2, -0.15) is 0 Å². The van der Waals surface area contributed by atoms with E-state index in [0.717, 1.165) is 24.3 Å². The van der Waals surface area contributed by atoms with E-state index in [1.54, 1.807) is 7.11 Å². The van der Waals surface area contributed by atoms with Crippen LogP contribution >= 0.6 is 0 Å². The molecule has 0 aliphatic carbocycles. The van der Waals surface area contributed by atoms with Gasteiger partial charge in [0, 0.05) is 11.7 Å². The van der Waals surface area contributed by atoms with E-state index in [9.17, 15) is 4.79 Å². The zero-order valence-corrected chi connectivity index (χ0v) is 11.3. The van der Waals surface area contributed by atoms with Gasteiger partial charge in [-0.25, -0.2) is 0 Å². The fourth-order valence-electron chi connectivity index (χ4n) is 1.66. The van der Waals surface area contributed by atoms with Crippen molar-refractivity contribution in [2.24, 2.45) is 0 Å². The Bertz CT molecular complexity index is 359. The van der Waals surface area contributed by atoms with Crippen LogP contribution in [0.3, 0.4) is 0 Å². The summed E-state index contributed by atoms with van der Waals surface area (Å²) in [6.45, 7) is 4.44. The third kappa shape index (κ3) is 4.65. The summed E-state index contributed by atoms with van der Waals surface area (Å²) < 4.78 is 5.07. The van der Waals surface area contributed by atoms with Gasteiger partial charge in [-0.1, -0.05) is 13.8 Å². The third-order valence-corrected chi connectivity index (χ3v) is 2.89. The van der Waals surface area contributed by atoms with Gasteiger partial charge in [-0.3, -0.25) is 4.79 Å². The summed E-state index contributed by atoms with van der Waals surface area (Å²) in [4.78, 5) is 11.7. The molecule has 0 aromatic heterocycles. The quantitative estimate of drug-likeness (QED) is 0.781. The van der Waals surface area contributed by atoms with Crippen LogP contribution in [0.1, 0.15) is 26.7 Å². The van der Waals surface area contributed by atoms with Gasteiger partial charge in [0.1, 0.15) is 5.75 Å². The molecule has 0 spiro atoms. The second kappa shape index (κ2) is 7.58. The molecule has 1 aromatic carbocycles. The zero-order valence-electron chi connectivity index (χ0n) is 11.3. The number of hydrogen-bond donors (Lipinski definition) is 2. The molecule has 100 valence electrons. The lowest BCUT2D eigenvalue weighted by Crippen LogP contribution is -2.37. The van der Waals surface area contributed by atoms with Crippen LogP contribution in [0.25, 0.3) is 0 Å². The molecule has 0 bridgehead atoms. The van der Waals surface area contributed by atoms with Crippen molar-refractivity contribution >= 4 is 11.6 Å². The number of carbonyl (C=O) groups excluding carboxylic acids is 1. The minimum Gasteiger partial charge on any atom is -0.497 e. The molecule has 1 aromatic rings. The van der Waals surface area contributed by atoms with Gasteiger partial charge < -0.3 is 15.4 Å². The summed E-state index contributed by atoms with van der Waals surface area (Å²) in [7, 11) is 1.63. The first-order valence-electron chi connectivity index (χ1n) is 6.36. The standard InChI is InChI=1S/C14H22N2O2/c1-4-11(5-2)16-14(17)10-15-12-6-8-13(18-3)9-7-12/h6-9,11,15H,4-5,10H2,1-3H3,(H,16,17). The second-order valence-electron chi connectivity index (χ2n) is 4.16. The molecule has 0 atom stereocenters. The lowest BCUT2D eigenvalue weighted by molar-refractivity contribution is -0.120. The van der Waals surface area contributed by atoms with Crippen molar-refractivity contribution in [3.8, 4) is 5.75 Å². The molecule has 18 heavy (non-hydrogen) atoms. The van der Waals surface area contributed by atoms with Crippen LogP contribution in [0.5, 0.6) is 5.75 Å². The number of methoxy groups -OCH3 is 1. The normalized spacial score (nSPS) is 10.2. The zero-order chi connectivity index (χ0) is 13.4. The van der Waals surface area contributed by atoms with Gasteiger partial charge in [-0.05, 0) is 37.1 Å². The van der Waals surface area contributed by atoms with Crippen LogP contribution in [0.15, 0.2) is 24.3 Å². The van der Waals surface area contributed by atoms with E-state index in [4.69, 9.17) is 4.74 Å². The lowest BCUT2D eigenvalue weighted by Gasteiger charge is -2.15. The highest BCUT2D eigenvalue weighted by molar-refractivity contribution is 5.80. The first-order chi connectivity index (χ1) is 8.69. The van der Waals surface area contributed by atoms with Crippen LogP contribution < -0.4 is 15.4 Å². The van der Waals surface area contributed by atoms with Gasteiger partial charge in [0.25, 0.3) is 0 Å². The number of carbonyl (C=O) groups is 1. The van der Waals surface area contributed by atoms with Crippen molar-refractivity contribution in [3.05, 3.63) is 24.3 Å². The van der Waals surface area contributed by atoms with Gasteiger partial charge >= 0.3 is 0 Å². The van der Waals surface area contributed by atoms with Gasteiger partial charge in [0.15, 0.2) is 0 Å². The summed E-state index contributed by atoms with van der Waals surface area (Å²) in [5, 5.41) is 6.06. The molecule has 0 saturated heterocycles. The number of benzene rings is 1. The number of hydrogen-bond acceptors (Lipinski definition) is 3. The van der Waals surface area contributed by atoms with Crippen LogP contribution in [-0.2, 0) is 4.79 Å². The first-order valence-corrected chi connectivity index (χ1v) is 6.36. The summed E-state index contributed by atoms with van der Waals surface area (Å²) in [5.41, 5.74) is 0.912. The SMILES string of the molecule is CCC(CC)NC(=O)CNc1ccc(OC)cc1. The summed E-state index contributed by atoms with van der Waals surface area (Å²) >= 11 is 0. The molecular formula is C14H22N2O2. The Morgan fingerprint density at radius 1 is 1.22 bits per heavy atom. The van der Waals surface area contributed by atoms with Gasteiger partial charge in [0.2, 0.25) is 5.91 Å². The van der Waals surface area contributed by atoms with Crippen molar-refractivity contribution in [2.45, 2.75) is 32.7 Å². The summed E-state index contributed by atoms with van der Waals surface area (Å²) in [6, 6.07) is 7.78. The van der Waals surface area contributed by atoms with E-state index >= 15 is 0 Å². The molecule has 4 heteroatoms. The second-order valence-corrected chi connectivity index (χ2v) is 4.16. The predicted molar refractivity (Wildman–Crippen MR) is 74.0 cm³/mol. The maximum atomic E-state index is 11.7. The smallest absolute Gasteiger partial charge is 0.239 e. The van der Waals surface area contributed by atoms with Gasteiger partial charge in [0.05, 0.1) is 13.7 Å². The van der Waals surface area contributed by atoms with E-state index in [1.165, 1.54) is 0 Å². The maximum Gasteiger partial charge on any atom is 0.239 e. The predicted octanol–water partition coefficient (Wildman–Crippen LogP) is 2.41. The Hall–Kier alpha value is -1.71. The fraction of sp³-hybridized carbons (Fsp3) is 0.500. The first kappa shape index (κ1) is 14.4. The monoisotopic (exact) mass is 250 g/mol. The molecule has 0 unspecified atom stereocenters. The highest BCUT2D eigenvalue weighted by Gasteiger charge is 2.07. The van der Waals surface area contributed by atoms with E-state index in [1.807, 2.05) is 24.3 Å². The van der Waals surface area contributed by atoms with E-state index < -0.39 is 0 Å². The molecule has 0 saturated carbocycles. The molecule has 0 fully saturated rings. The fourth-order valence-corrected chi connectivity index (χ4v) is 1.66. The molecule has 1 amide bonds. The Morgan fingerprint density at radius 3 is 2.33 bits per heavy atom. The Balaban J connectivity index is 2.37. The van der Waals surface area contributed by atoms with E-state index in [0.29, 0.717) is 6.54 Å². The van der Waals surface area contributed by atoms with Crippen LogP contribution in [0.2, 0.25) is 0 Å². The Morgan fingerprint density at radius 2 is 1.83 bits per heavy atom. The topological polar surface area (TPSA) is 50.4 Å². The number of ether oxygens (including phenoxy) is 1. The number of amides is 1. The van der Waals surface area contributed by atoms with Crippen molar-refractivity contribution in [1.82, 2.24) is 5.32 Å². The number of rotatable bonds is 7. The molecule has 0 aliphatic heterocycles. The minimum absolute atomic E-state index is 0.0273. The molecular weight excluding hydrogens is 228 g/mol. The highest BCUT2D eigenvalue weighted by Crippen LogP contribution is 2.14. The molecule has 4 nitrogen and oxygen atoms in total. The molecule has 2 N–H and O–H groups in total. The summed E-state index contributed by atoms with van der Waals surface area (Å²) in [6.07, 6.45) is 1.93. The number of anilines is 1. The van der Waals surface area contributed by atoms with Crippen LogP contribution in [0, 0.1) is 0 Å². The van der Waals surface area contributed by atoms with E-state index in [2.05, 4.69) is 24.5 Å². The average molecular weight is 250 g/mol. The molecule has 0 heterocycles. The highest BCUT2D eigenvalue weighted by atomic mass is 16.5. The Kier molecular flexibility index (Phi) is 6.05. The minimum atomic E-state index is 0.0273. The largest absolute Gasteiger partial charge is 0.497 e. The van der Waals surface area contributed by atoms with Crippen molar-refractivity contribution < 1.29 is 9.53 Å². The van der Waals surface area contributed by atoms with Crippen LogP contribution in [-0.4, -0.2) is 25.6 Å². The Labute approximate surface area is 109 Å². The lowest BCUT2D eigenvalue weighted by atomic mass is 10.2. The van der Waals surface area contributed by atoms with Crippen LogP contribution in [0.4, 0.5) is 5.69 Å². The molecule has 0 aliphatic rings. The average Bonchev–Trinajstić information content (AvgIpc) is 2.43. The van der Waals surface area contributed by atoms with E-state index in [-0.39, 0.29) is 11.9 Å². The third-order valence-electron chi connectivity index (χ3n) is 2.89. The van der Waals surface area contributed by atoms with Crippen molar-refractivity contribution in [3.63, 3.8) is 0 Å². The van der Waals surface area contributed by atoms with Crippen molar-refractivity contribution in [2.75, 3.05) is 19.0 Å². The molecule has 1 rings (SSSR count). The van der Waals surface area contributed by atoms with Crippen molar-refractivity contribution in [1.29, 1.82) is 0 Å².